The van der Waals surface area contributed by atoms with Crippen molar-refractivity contribution in [1.82, 2.24) is 0 Å². The lowest BCUT2D eigenvalue weighted by Crippen LogP contribution is -2.50. The van der Waals surface area contributed by atoms with Crippen molar-refractivity contribution in [3.63, 3.8) is 0 Å². The molecule has 0 atom stereocenters. The maximum absolute atomic E-state index is 15.3. The third kappa shape index (κ3) is 3.53. The Morgan fingerprint density at radius 1 is 1.03 bits per heavy atom. The van der Waals surface area contributed by atoms with Gasteiger partial charge in [0.1, 0.15) is 33.5 Å². The fourth-order valence-electron chi connectivity index (χ4n) is 4.69. The van der Waals surface area contributed by atoms with Crippen LogP contribution in [0.4, 0.5) is 18.9 Å². The first kappa shape index (κ1) is 23.8. The van der Waals surface area contributed by atoms with Crippen LogP contribution in [0.15, 0.2) is 53.3 Å². The van der Waals surface area contributed by atoms with E-state index in [1.165, 1.54) is 0 Å². The van der Waals surface area contributed by atoms with Crippen LogP contribution in [0.25, 0.3) is 5.57 Å². The summed E-state index contributed by atoms with van der Waals surface area (Å²) in [5.41, 5.74) is 1.98. The summed E-state index contributed by atoms with van der Waals surface area (Å²) < 4.78 is 46.1. The van der Waals surface area contributed by atoms with Crippen molar-refractivity contribution in [2.45, 2.75) is 13.1 Å². The highest BCUT2D eigenvalue weighted by molar-refractivity contribution is 6.98. The number of carboxylic acids is 1. The van der Waals surface area contributed by atoms with E-state index in [-0.39, 0.29) is 5.57 Å². The summed E-state index contributed by atoms with van der Waals surface area (Å²) in [6.45, 7) is 4.36. The molecule has 4 nitrogen and oxygen atoms in total. The summed E-state index contributed by atoms with van der Waals surface area (Å²) in [7, 11) is 5.30. The number of rotatable bonds is 3. The molecule has 0 aromatic heterocycles. The monoisotopic (exact) mass is 483 g/mol. The van der Waals surface area contributed by atoms with Crippen LogP contribution in [0, 0.1) is 17.5 Å². The van der Waals surface area contributed by atoms with Gasteiger partial charge in [-0.2, -0.15) is 0 Å². The van der Waals surface area contributed by atoms with Crippen LogP contribution in [-0.2, 0) is 0 Å². The van der Waals surface area contributed by atoms with Crippen LogP contribution in [0.3, 0.4) is 0 Å². The molecule has 8 heteroatoms. The van der Waals surface area contributed by atoms with Crippen molar-refractivity contribution < 1.29 is 27.6 Å². The highest BCUT2D eigenvalue weighted by Gasteiger charge is 2.42. The Morgan fingerprint density at radius 2 is 1.71 bits per heavy atom. The number of halogens is 3. The molecular formula is C26H26F3N2O2Si+. The Kier molecular flexibility index (Phi) is 5.68. The molecule has 0 saturated carbocycles. The van der Waals surface area contributed by atoms with Crippen molar-refractivity contribution in [1.29, 1.82) is 0 Å². The average Bonchev–Trinajstić information content (AvgIpc) is 2.76. The predicted molar refractivity (Wildman–Crippen MR) is 132 cm³/mol. The molecule has 2 aromatic rings. The average molecular weight is 484 g/mol. The zero-order valence-electron chi connectivity index (χ0n) is 19.9. The third-order valence-electron chi connectivity index (χ3n) is 6.56. The van der Waals surface area contributed by atoms with Gasteiger partial charge < -0.3 is 10.0 Å². The van der Waals surface area contributed by atoms with Crippen LogP contribution in [-0.4, -0.2) is 57.6 Å². The van der Waals surface area contributed by atoms with Crippen LogP contribution >= 0.6 is 0 Å². The normalized spacial score (nSPS) is 16.1. The van der Waals surface area contributed by atoms with Crippen molar-refractivity contribution in [3.05, 3.63) is 87.4 Å². The highest BCUT2D eigenvalue weighted by atomic mass is 28.3. The third-order valence-corrected chi connectivity index (χ3v) is 10.1. The van der Waals surface area contributed by atoms with E-state index in [2.05, 4.69) is 13.1 Å². The maximum Gasteiger partial charge on any atom is 0.339 e. The molecule has 1 aliphatic carbocycles. The number of hydrogen-bond acceptors (Lipinski definition) is 2. The summed E-state index contributed by atoms with van der Waals surface area (Å²) in [5, 5.41) is 11.7. The van der Waals surface area contributed by atoms with Gasteiger partial charge in [-0.15, -0.1) is 0 Å². The molecule has 176 valence electrons. The van der Waals surface area contributed by atoms with E-state index in [9.17, 15) is 18.7 Å². The Bertz CT molecular complexity index is 1380. The Balaban J connectivity index is 2.21. The van der Waals surface area contributed by atoms with Gasteiger partial charge in [-0.3, -0.25) is 0 Å². The molecule has 0 amide bonds. The van der Waals surface area contributed by atoms with E-state index in [0.717, 1.165) is 21.8 Å². The van der Waals surface area contributed by atoms with Crippen molar-refractivity contribution in [3.8, 4) is 0 Å². The van der Waals surface area contributed by atoms with Gasteiger partial charge in [0.15, 0.2) is 17.3 Å². The topological polar surface area (TPSA) is 43.5 Å². The summed E-state index contributed by atoms with van der Waals surface area (Å²) >= 11 is 0. The first-order valence-corrected chi connectivity index (χ1v) is 13.8. The molecule has 4 rings (SSSR count). The lowest BCUT2D eigenvalue weighted by atomic mass is 9.86. The van der Waals surface area contributed by atoms with Crippen LogP contribution in [0.2, 0.25) is 13.1 Å². The Morgan fingerprint density at radius 3 is 2.29 bits per heavy atom. The number of hydrogen-bond donors (Lipinski definition) is 1. The first-order chi connectivity index (χ1) is 15.9. The fourth-order valence-corrected chi connectivity index (χ4v) is 7.76. The minimum absolute atomic E-state index is 0.265. The van der Waals surface area contributed by atoms with Crippen LogP contribution < -0.4 is 10.1 Å². The van der Waals surface area contributed by atoms with Crippen LogP contribution in [0.5, 0.6) is 0 Å². The fraction of sp³-hybridized carbons (Fsp3) is 0.231. The van der Waals surface area contributed by atoms with E-state index < -0.39 is 42.6 Å². The molecule has 1 aliphatic heterocycles. The molecular weight excluding hydrogens is 457 g/mol. The number of nitrogens with zero attached hydrogens (tertiary/aromatic N) is 2. The van der Waals surface area contributed by atoms with E-state index >= 15 is 4.39 Å². The number of allylic oxidation sites excluding steroid dienone is 5. The Labute approximate surface area is 197 Å². The lowest BCUT2D eigenvalue weighted by Gasteiger charge is -2.38. The van der Waals surface area contributed by atoms with Gasteiger partial charge in [0.25, 0.3) is 0 Å². The first-order valence-electron chi connectivity index (χ1n) is 10.8. The van der Waals surface area contributed by atoms with Gasteiger partial charge in [0, 0.05) is 43.6 Å². The van der Waals surface area contributed by atoms with Crippen molar-refractivity contribution in [2.24, 2.45) is 0 Å². The SMILES string of the molecule is CN(C)c1ccc2c(c1)[Si](C)(C)C1=CC(=[N+](C)C)C=CC1=C2c1c(F)cc(F)c(F)c1C(=O)O. The number of benzene rings is 2. The molecule has 2 aromatic carbocycles. The summed E-state index contributed by atoms with van der Waals surface area (Å²) in [5.74, 6) is -5.94. The zero-order chi connectivity index (χ0) is 25.1. The second kappa shape index (κ2) is 8.13. The molecule has 0 spiro atoms. The molecule has 0 saturated heterocycles. The van der Waals surface area contributed by atoms with Crippen molar-refractivity contribution in [2.75, 3.05) is 33.1 Å². The van der Waals surface area contributed by atoms with Gasteiger partial charge in [0.05, 0.1) is 0 Å². The number of aromatic carboxylic acids is 1. The molecule has 1 N–H and O–H groups in total. The minimum Gasteiger partial charge on any atom is -0.478 e. The molecule has 2 aliphatic rings. The molecule has 34 heavy (non-hydrogen) atoms. The van der Waals surface area contributed by atoms with Gasteiger partial charge in [0.2, 0.25) is 0 Å². The number of anilines is 1. The minimum atomic E-state index is -2.36. The van der Waals surface area contributed by atoms with Crippen LogP contribution in [0.1, 0.15) is 21.5 Å². The van der Waals surface area contributed by atoms with Gasteiger partial charge in [-0.25, -0.2) is 22.5 Å². The lowest BCUT2D eigenvalue weighted by molar-refractivity contribution is -0.462. The van der Waals surface area contributed by atoms with Gasteiger partial charge >= 0.3 is 5.97 Å². The van der Waals surface area contributed by atoms with Gasteiger partial charge in [-0.05, 0) is 45.3 Å². The summed E-state index contributed by atoms with van der Waals surface area (Å²) in [6, 6.07) is 6.14. The van der Waals surface area contributed by atoms with E-state index in [0.29, 0.717) is 17.2 Å². The zero-order valence-corrected chi connectivity index (χ0v) is 20.9. The maximum atomic E-state index is 15.3. The van der Waals surface area contributed by atoms with Crippen molar-refractivity contribution >= 4 is 36.2 Å². The molecule has 0 unspecified atom stereocenters. The number of fused-ring (bicyclic) bond motifs is 2. The van der Waals surface area contributed by atoms with E-state index in [1.807, 2.05) is 74.1 Å². The van der Waals surface area contributed by atoms with E-state index in [1.54, 1.807) is 0 Å². The number of carbonyl (C=O) groups is 1. The Hall–Kier alpha value is -3.39. The second-order valence-corrected chi connectivity index (χ2v) is 13.8. The smallest absolute Gasteiger partial charge is 0.339 e. The quantitative estimate of drug-likeness (QED) is 0.401. The largest absolute Gasteiger partial charge is 0.478 e. The van der Waals surface area contributed by atoms with Gasteiger partial charge in [-0.1, -0.05) is 19.2 Å². The number of carboxylic acid groups (broad SMARTS) is 1. The standard InChI is InChI=1S/C26H25F3N2O2Si/c1-30(2)14-7-9-16-20(11-14)34(5,6)21-12-15(31(3)4)8-10-17(21)22(16)23-18(27)13-19(28)25(29)24(23)26(32)33/h7-13H,1-6H3/p+1. The highest BCUT2D eigenvalue weighted by Crippen LogP contribution is 2.44. The predicted octanol–water partition coefficient (Wildman–Crippen LogP) is 4.35. The summed E-state index contributed by atoms with van der Waals surface area (Å²) in [4.78, 5) is 14.0. The molecule has 0 bridgehead atoms. The second-order valence-electron chi connectivity index (χ2n) is 9.46. The molecule has 0 radical (unpaired) electrons. The van der Waals surface area contributed by atoms with E-state index in [4.69, 9.17) is 0 Å². The molecule has 1 heterocycles. The molecule has 0 fully saturated rings. The summed E-state index contributed by atoms with van der Waals surface area (Å²) in [6.07, 6.45) is 5.72.